The summed E-state index contributed by atoms with van der Waals surface area (Å²) in [6, 6.07) is 1.41. The van der Waals surface area contributed by atoms with Crippen LogP contribution in [0.4, 0.5) is 5.69 Å². The number of thiazole rings is 1. The molecule has 2 aromatic heterocycles. The second-order valence-corrected chi connectivity index (χ2v) is 7.17. The molecule has 0 saturated heterocycles. The predicted molar refractivity (Wildman–Crippen MR) is 71.1 cm³/mol. The molecule has 0 atom stereocenters. The van der Waals surface area contributed by atoms with Crippen LogP contribution in [0, 0.1) is 13.8 Å². The zero-order valence-corrected chi connectivity index (χ0v) is 11.7. The summed E-state index contributed by atoms with van der Waals surface area (Å²) in [6.45, 7) is 3.78. The second kappa shape index (κ2) is 4.66. The summed E-state index contributed by atoms with van der Waals surface area (Å²) in [7, 11) is -3.46. The topological polar surface area (TPSA) is 85.9 Å². The highest BCUT2D eigenvalue weighted by Gasteiger charge is 2.20. The van der Waals surface area contributed by atoms with Gasteiger partial charge < -0.3 is 5.73 Å². The maximum atomic E-state index is 12.2. The Morgan fingerprint density at radius 2 is 2.11 bits per heavy atom. The SMILES string of the molecule is Cc1nc(CS(=O)(=O)c2ccncc2N)sc1C. The third-order valence-electron chi connectivity index (χ3n) is 2.53. The van der Waals surface area contributed by atoms with E-state index in [9.17, 15) is 8.42 Å². The molecule has 0 bridgehead atoms. The summed E-state index contributed by atoms with van der Waals surface area (Å²) in [5.74, 6) is -0.124. The summed E-state index contributed by atoms with van der Waals surface area (Å²) >= 11 is 1.40. The lowest BCUT2D eigenvalue weighted by Gasteiger charge is -2.04. The molecule has 0 aliphatic heterocycles. The van der Waals surface area contributed by atoms with Crippen molar-refractivity contribution >= 4 is 26.9 Å². The quantitative estimate of drug-likeness (QED) is 0.926. The molecule has 0 amide bonds. The first kappa shape index (κ1) is 13.0. The summed E-state index contributed by atoms with van der Waals surface area (Å²) in [6.07, 6.45) is 2.76. The van der Waals surface area contributed by atoms with E-state index in [0.717, 1.165) is 10.6 Å². The van der Waals surface area contributed by atoms with E-state index in [-0.39, 0.29) is 16.3 Å². The van der Waals surface area contributed by atoms with Crippen LogP contribution in [0.2, 0.25) is 0 Å². The van der Waals surface area contributed by atoms with Crippen molar-refractivity contribution in [3.63, 3.8) is 0 Å². The van der Waals surface area contributed by atoms with Crippen molar-refractivity contribution in [2.45, 2.75) is 24.5 Å². The van der Waals surface area contributed by atoms with Crippen LogP contribution in [0.1, 0.15) is 15.6 Å². The average Bonchev–Trinajstić information content (AvgIpc) is 2.57. The molecule has 0 aromatic carbocycles. The highest BCUT2D eigenvalue weighted by molar-refractivity contribution is 7.91. The number of hydrogen-bond donors (Lipinski definition) is 1. The number of nitrogens with zero attached hydrogens (tertiary/aromatic N) is 2. The van der Waals surface area contributed by atoms with E-state index in [2.05, 4.69) is 9.97 Å². The lowest BCUT2D eigenvalue weighted by atomic mass is 10.4. The molecule has 2 aromatic rings. The number of sulfone groups is 1. The number of anilines is 1. The molecule has 0 saturated carbocycles. The Kier molecular flexibility index (Phi) is 3.36. The molecule has 0 radical (unpaired) electrons. The van der Waals surface area contributed by atoms with E-state index >= 15 is 0 Å². The highest BCUT2D eigenvalue weighted by atomic mass is 32.2. The van der Waals surface area contributed by atoms with Crippen LogP contribution in [0.15, 0.2) is 23.4 Å². The van der Waals surface area contributed by atoms with Crippen molar-refractivity contribution < 1.29 is 8.42 Å². The summed E-state index contributed by atoms with van der Waals surface area (Å²) < 4.78 is 24.4. The van der Waals surface area contributed by atoms with E-state index in [1.807, 2.05) is 13.8 Å². The van der Waals surface area contributed by atoms with Gasteiger partial charge in [-0.15, -0.1) is 11.3 Å². The van der Waals surface area contributed by atoms with E-state index in [1.54, 1.807) is 0 Å². The molecule has 0 fully saturated rings. The van der Waals surface area contributed by atoms with Gasteiger partial charge in [0.05, 0.1) is 22.5 Å². The average molecular weight is 283 g/mol. The molecule has 2 heterocycles. The molecule has 0 aliphatic rings. The van der Waals surface area contributed by atoms with Crippen molar-refractivity contribution in [2.75, 3.05) is 5.73 Å². The number of pyridine rings is 1. The van der Waals surface area contributed by atoms with Crippen LogP contribution < -0.4 is 5.73 Å². The lowest BCUT2D eigenvalue weighted by Crippen LogP contribution is -2.08. The Labute approximate surface area is 110 Å². The van der Waals surface area contributed by atoms with Gasteiger partial charge >= 0.3 is 0 Å². The van der Waals surface area contributed by atoms with Gasteiger partial charge in [-0.25, -0.2) is 13.4 Å². The number of aryl methyl sites for hydroxylation is 2. The van der Waals surface area contributed by atoms with Crippen molar-refractivity contribution in [1.29, 1.82) is 0 Å². The predicted octanol–water partition coefficient (Wildman–Crippen LogP) is 1.71. The third-order valence-corrected chi connectivity index (χ3v) is 5.48. The summed E-state index contributed by atoms with van der Waals surface area (Å²) in [4.78, 5) is 9.16. The standard InChI is InChI=1S/C11H13N3O2S2/c1-7-8(2)17-11(14-7)6-18(15,16)10-3-4-13-5-9(10)12/h3-5H,6,12H2,1-2H3. The Morgan fingerprint density at radius 1 is 1.39 bits per heavy atom. The monoisotopic (exact) mass is 283 g/mol. The molecule has 2 N–H and O–H groups in total. The molecule has 0 spiro atoms. The number of hydrogen-bond acceptors (Lipinski definition) is 6. The first-order valence-electron chi connectivity index (χ1n) is 5.25. The van der Waals surface area contributed by atoms with Crippen LogP contribution in [0.3, 0.4) is 0 Å². The fourth-order valence-electron chi connectivity index (χ4n) is 1.52. The maximum absolute atomic E-state index is 12.2. The zero-order chi connectivity index (χ0) is 13.3. The minimum absolute atomic E-state index is 0.114. The smallest absolute Gasteiger partial charge is 0.187 e. The third kappa shape index (κ3) is 2.51. The van der Waals surface area contributed by atoms with E-state index in [1.165, 1.54) is 29.8 Å². The van der Waals surface area contributed by atoms with Crippen LogP contribution in [-0.4, -0.2) is 18.4 Å². The number of nitrogen functional groups attached to an aromatic ring is 1. The summed E-state index contributed by atoms with van der Waals surface area (Å²) in [5, 5.41) is 0.584. The first-order valence-corrected chi connectivity index (χ1v) is 7.72. The summed E-state index contributed by atoms with van der Waals surface area (Å²) in [5.41, 5.74) is 6.67. The molecule has 96 valence electrons. The van der Waals surface area contributed by atoms with Crippen LogP contribution in [-0.2, 0) is 15.6 Å². The van der Waals surface area contributed by atoms with Crippen LogP contribution in [0.25, 0.3) is 0 Å². The van der Waals surface area contributed by atoms with Gasteiger partial charge in [-0.1, -0.05) is 0 Å². The van der Waals surface area contributed by atoms with Gasteiger partial charge in [-0.2, -0.15) is 0 Å². The van der Waals surface area contributed by atoms with Crippen molar-refractivity contribution in [2.24, 2.45) is 0 Å². The number of aromatic nitrogens is 2. The van der Waals surface area contributed by atoms with Gasteiger partial charge in [0.15, 0.2) is 9.84 Å². The maximum Gasteiger partial charge on any atom is 0.187 e. The Bertz CT molecular complexity index is 658. The van der Waals surface area contributed by atoms with E-state index < -0.39 is 9.84 Å². The Morgan fingerprint density at radius 3 is 2.67 bits per heavy atom. The molecular formula is C11H13N3O2S2. The Balaban J connectivity index is 2.36. The van der Waals surface area contributed by atoms with Crippen LogP contribution in [0.5, 0.6) is 0 Å². The van der Waals surface area contributed by atoms with Crippen molar-refractivity contribution in [3.05, 3.63) is 34.0 Å². The number of nitrogens with two attached hydrogens (primary N) is 1. The minimum Gasteiger partial charge on any atom is -0.396 e. The van der Waals surface area contributed by atoms with Crippen molar-refractivity contribution in [1.82, 2.24) is 9.97 Å². The second-order valence-electron chi connectivity index (χ2n) is 3.92. The van der Waals surface area contributed by atoms with Gasteiger partial charge in [0.25, 0.3) is 0 Å². The van der Waals surface area contributed by atoms with Gasteiger partial charge in [0.2, 0.25) is 0 Å². The highest BCUT2D eigenvalue weighted by Crippen LogP contribution is 2.24. The van der Waals surface area contributed by atoms with Gasteiger partial charge in [-0.05, 0) is 19.9 Å². The molecule has 18 heavy (non-hydrogen) atoms. The van der Waals surface area contributed by atoms with Gasteiger partial charge in [0.1, 0.15) is 10.8 Å². The van der Waals surface area contributed by atoms with E-state index in [0.29, 0.717) is 5.01 Å². The Hall–Kier alpha value is -1.47. The lowest BCUT2D eigenvalue weighted by molar-refractivity contribution is 0.595. The first-order chi connectivity index (χ1) is 8.40. The minimum atomic E-state index is -3.46. The molecule has 0 aliphatic carbocycles. The molecular weight excluding hydrogens is 270 g/mol. The largest absolute Gasteiger partial charge is 0.396 e. The molecule has 0 unspecified atom stereocenters. The molecule has 5 nitrogen and oxygen atoms in total. The normalized spacial score (nSPS) is 11.7. The fraction of sp³-hybridized carbons (Fsp3) is 0.273. The number of rotatable bonds is 3. The van der Waals surface area contributed by atoms with Gasteiger partial charge in [0, 0.05) is 11.1 Å². The molecule has 7 heteroatoms. The van der Waals surface area contributed by atoms with E-state index in [4.69, 9.17) is 5.73 Å². The zero-order valence-electron chi connectivity index (χ0n) is 10.0. The van der Waals surface area contributed by atoms with Crippen molar-refractivity contribution in [3.8, 4) is 0 Å². The molecule has 2 rings (SSSR count). The fourth-order valence-corrected chi connectivity index (χ4v) is 4.17. The van der Waals surface area contributed by atoms with Crippen LogP contribution >= 0.6 is 11.3 Å². The van der Waals surface area contributed by atoms with Gasteiger partial charge in [-0.3, -0.25) is 4.98 Å².